The van der Waals surface area contributed by atoms with Gasteiger partial charge in [-0.05, 0) is 62.8 Å². The summed E-state index contributed by atoms with van der Waals surface area (Å²) in [5.74, 6) is 1.14. The molecular formula is C22H31N3O3. The quantitative estimate of drug-likeness (QED) is 0.780. The van der Waals surface area contributed by atoms with Gasteiger partial charge in [0.1, 0.15) is 5.75 Å². The summed E-state index contributed by atoms with van der Waals surface area (Å²) in [6.07, 6.45) is 6.28. The number of amides is 2. The number of nitrogens with zero attached hydrogens (tertiary/aromatic N) is 3. The number of benzene rings is 1. The van der Waals surface area contributed by atoms with Crippen molar-refractivity contribution in [1.82, 2.24) is 14.7 Å². The normalized spacial score (nSPS) is 25.1. The summed E-state index contributed by atoms with van der Waals surface area (Å²) < 4.78 is 5.57. The van der Waals surface area contributed by atoms with Crippen molar-refractivity contribution in [3.05, 3.63) is 29.8 Å². The van der Waals surface area contributed by atoms with E-state index in [1.54, 1.807) is 26.2 Å². The molecule has 0 spiro atoms. The van der Waals surface area contributed by atoms with Crippen molar-refractivity contribution < 1.29 is 14.3 Å². The topological polar surface area (TPSA) is 53.1 Å². The van der Waals surface area contributed by atoms with Crippen LogP contribution in [0, 0.1) is 5.92 Å². The SMILES string of the molecule is CN(C)C(=O)COc1cccc(C(=O)N2CC[C@H]3[C@@H](CCCN3C3CC3)C2)c1. The van der Waals surface area contributed by atoms with Crippen LogP contribution in [0.2, 0.25) is 0 Å². The molecule has 6 heteroatoms. The average Bonchev–Trinajstić information content (AvgIpc) is 3.56. The number of hydrogen-bond acceptors (Lipinski definition) is 4. The monoisotopic (exact) mass is 385 g/mol. The molecule has 3 aliphatic rings. The van der Waals surface area contributed by atoms with E-state index in [1.807, 2.05) is 17.0 Å². The lowest BCUT2D eigenvalue weighted by Gasteiger charge is -2.47. The Hall–Kier alpha value is -2.08. The summed E-state index contributed by atoms with van der Waals surface area (Å²) in [5.41, 5.74) is 0.642. The zero-order valence-electron chi connectivity index (χ0n) is 17.0. The van der Waals surface area contributed by atoms with Gasteiger partial charge in [-0.25, -0.2) is 0 Å². The fourth-order valence-corrected chi connectivity index (χ4v) is 4.66. The van der Waals surface area contributed by atoms with Crippen molar-refractivity contribution in [3.8, 4) is 5.75 Å². The first-order chi connectivity index (χ1) is 13.5. The van der Waals surface area contributed by atoms with Gasteiger partial charge in [-0.3, -0.25) is 14.5 Å². The largest absolute Gasteiger partial charge is 0.484 e. The summed E-state index contributed by atoms with van der Waals surface area (Å²) in [6.45, 7) is 2.91. The number of hydrogen-bond donors (Lipinski definition) is 0. The van der Waals surface area contributed by atoms with E-state index in [0.29, 0.717) is 23.3 Å². The Balaban J connectivity index is 1.38. The van der Waals surface area contributed by atoms with E-state index in [4.69, 9.17) is 4.74 Å². The molecule has 0 aromatic heterocycles. The van der Waals surface area contributed by atoms with Gasteiger partial charge in [0.15, 0.2) is 6.61 Å². The van der Waals surface area contributed by atoms with Crippen molar-refractivity contribution in [2.45, 2.75) is 44.2 Å². The molecule has 3 fully saturated rings. The van der Waals surface area contributed by atoms with Crippen molar-refractivity contribution in [1.29, 1.82) is 0 Å². The third-order valence-electron chi connectivity index (χ3n) is 6.36. The number of piperidine rings is 2. The minimum Gasteiger partial charge on any atom is -0.484 e. The van der Waals surface area contributed by atoms with Crippen molar-refractivity contribution in [2.75, 3.05) is 40.3 Å². The van der Waals surface area contributed by atoms with Crippen LogP contribution in [-0.4, -0.2) is 78.9 Å². The summed E-state index contributed by atoms with van der Waals surface area (Å²) >= 11 is 0. The molecule has 2 saturated heterocycles. The van der Waals surface area contributed by atoms with Crippen LogP contribution in [0.4, 0.5) is 0 Å². The van der Waals surface area contributed by atoms with Gasteiger partial charge in [0.05, 0.1) is 0 Å². The van der Waals surface area contributed by atoms with E-state index in [0.717, 1.165) is 25.6 Å². The number of likely N-dealkylation sites (tertiary alicyclic amines) is 2. The van der Waals surface area contributed by atoms with E-state index in [-0.39, 0.29) is 18.4 Å². The summed E-state index contributed by atoms with van der Waals surface area (Å²) in [4.78, 5) is 31.0. The van der Waals surface area contributed by atoms with E-state index in [9.17, 15) is 9.59 Å². The third-order valence-corrected chi connectivity index (χ3v) is 6.36. The Kier molecular flexibility index (Phi) is 5.58. The van der Waals surface area contributed by atoms with Crippen LogP contribution in [0.1, 0.15) is 42.5 Å². The van der Waals surface area contributed by atoms with Crippen LogP contribution >= 0.6 is 0 Å². The Morgan fingerprint density at radius 3 is 2.71 bits per heavy atom. The second-order valence-electron chi connectivity index (χ2n) is 8.58. The second-order valence-corrected chi connectivity index (χ2v) is 8.58. The molecule has 1 aromatic carbocycles. The molecule has 0 N–H and O–H groups in total. The smallest absolute Gasteiger partial charge is 0.259 e. The van der Waals surface area contributed by atoms with Gasteiger partial charge >= 0.3 is 0 Å². The summed E-state index contributed by atoms with van der Waals surface area (Å²) in [5, 5.41) is 0. The molecule has 1 saturated carbocycles. The zero-order valence-corrected chi connectivity index (χ0v) is 17.0. The summed E-state index contributed by atoms with van der Waals surface area (Å²) in [6, 6.07) is 8.69. The molecule has 0 unspecified atom stereocenters. The number of ether oxygens (including phenoxy) is 1. The van der Waals surface area contributed by atoms with Gasteiger partial charge in [0.25, 0.3) is 11.8 Å². The lowest BCUT2D eigenvalue weighted by Crippen LogP contribution is -2.55. The van der Waals surface area contributed by atoms with Gasteiger partial charge < -0.3 is 14.5 Å². The van der Waals surface area contributed by atoms with Crippen LogP contribution < -0.4 is 4.74 Å². The Bertz CT molecular complexity index is 731. The lowest BCUT2D eigenvalue weighted by atomic mass is 9.83. The van der Waals surface area contributed by atoms with E-state index in [2.05, 4.69) is 4.90 Å². The van der Waals surface area contributed by atoms with Crippen molar-refractivity contribution >= 4 is 11.8 Å². The predicted molar refractivity (Wildman–Crippen MR) is 107 cm³/mol. The van der Waals surface area contributed by atoms with Crippen LogP contribution in [0.25, 0.3) is 0 Å². The van der Waals surface area contributed by atoms with Crippen LogP contribution in [-0.2, 0) is 4.79 Å². The first-order valence-electron chi connectivity index (χ1n) is 10.5. The number of likely N-dealkylation sites (N-methyl/N-ethyl adjacent to an activating group) is 1. The van der Waals surface area contributed by atoms with E-state index >= 15 is 0 Å². The molecule has 28 heavy (non-hydrogen) atoms. The molecule has 152 valence electrons. The fraction of sp³-hybridized carbons (Fsp3) is 0.636. The number of carbonyl (C=O) groups excluding carboxylic acids is 2. The molecule has 0 radical (unpaired) electrons. The van der Waals surface area contributed by atoms with Gasteiger partial charge in [0, 0.05) is 44.8 Å². The summed E-state index contributed by atoms with van der Waals surface area (Å²) in [7, 11) is 3.40. The molecule has 2 atom stereocenters. The Morgan fingerprint density at radius 1 is 1.14 bits per heavy atom. The maximum Gasteiger partial charge on any atom is 0.259 e. The standard InChI is InChI=1S/C22H31N3O3/c1-23(2)21(26)15-28-19-7-3-5-16(13-19)22(27)24-12-10-20-17(14-24)6-4-11-25(20)18-8-9-18/h3,5,7,13,17-18,20H,4,6,8-12,14-15H2,1-2H3/t17-,20-/m0/s1. The Morgan fingerprint density at radius 2 is 1.96 bits per heavy atom. The van der Waals surface area contributed by atoms with Crippen LogP contribution in [0.15, 0.2) is 24.3 Å². The van der Waals surface area contributed by atoms with Crippen LogP contribution in [0.3, 0.4) is 0 Å². The first-order valence-corrected chi connectivity index (χ1v) is 10.5. The molecule has 0 bridgehead atoms. The highest BCUT2D eigenvalue weighted by Crippen LogP contribution is 2.38. The molecule has 6 nitrogen and oxygen atoms in total. The maximum absolute atomic E-state index is 13.1. The number of rotatable bonds is 5. The highest BCUT2D eigenvalue weighted by Gasteiger charge is 2.42. The molecule has 2 amide bonds. The van der Waals surface area contributed by atoms with Gasteiger partial charge in [-0.2, -0.15) is 0 Å². The molecule has 1 aliphatic carbocycles. The van der Waals surface area contributed by atoms with Crippen molar-refractivity contribution in [3.63, 3.8) is 0 Å². The first kappa shape index (κ1) is 19.2. The van der Waals surface area contributed by atoms with Gasteiger partial charge in [0.2, 0.25) is 0 Å². The minimum absolute atomic E-state index is 0.0187. The van der Waals surface area contributed by atoms with E-state index in [1.165, 1.54) is 37.1 Å². The highest BCUT2D eigenvalue weighted by molar-refractivity contribution is 5.94. The second kappa shape index (κ2) is 8.11. The third kappa shape index (κ3) is 4.17. The molecule has 2 aliphatic heterocycles. The van der Waals surface area contributed by atoms with E-state index < -0.39 is 0 Å². The molecular weight excluding hydrogens is 354 g/mol. The fourth-order valence-electron chi connectivity index (χ4n) is 4.66. The van der Waals surface area contributed by atoms with Crippen molar-refractivity contribution in [2.24, 2.45) is 5.92 Å². The van der Waals surface area contributed by atoms with Crippen LogP contribution in [0.5, 0.6) is 5.75 Å². The molecule has 1 aromatic rings. The van der Waals surface area contributed by atoms with Gasteiger partial charge in [-0.15, -0.1) is 0 Å². The molecule has 4 rings (SSSR count). The predicted octanol–water partition coefficient (Wildman–Crippen LogP) is 2.24. The number of carbonyl (C=O) groups is 2. The molecule has 2 heterocycles. The highest BCUT2D eigenvalue weighted by atomic mass is 16.5. The van der Waals surface area contributed by atoms with Gasteiger partial charge in [-0.1, -0.05) is 6.07 Å². The maximum atomic E-state index is 13.1. The lowest BCUT2D eigenvalue weighted by molar-refractivity contribution is -0.130. The minimum atomic E-state index is -0.101. The zero-order chi connectivity index (χ0) is 19.7. The Labute approximate surface area is 167 Å². The average molecular weight is 386 g/mol. The number of fused-ring (bicyclic) bond motifs is 1.